The first kappa shape index (κ1) is 30.8. The number of halogens is 2. The predicted octanol–water partition coefficient (Wildman–Crippen LogP) is 6.91. The van der Waals surface area contributed by atoms with Crippen LogP contribution in [-0.4, -0.2) is 35.5 Å². The summed E-state index contributed by atoms with van der Waals surface area (Å²) in [4.78, 5) is 40.7. The Morgan fingerprint density at radius 1 is 1.00 bits per heavy atom. The molecule has 45 heavy (non-hydrogen) atoms. The Balaban J connectivity index is 1.36. The molecule has 0 saturated heterocycles. The van der Waals surface area contributed by atoms with Gasteiger partial charge in [0.25, 0.3) is 11.5 Å². The van der Waals surface area contributed by atoms with E-state index in [1.54, 1.807) is 72.9 Å². The predicted molar refractivity (Wildman–Crippen MR) is 179 cm³/mol. The zero-order valence-electron chi connectivity index (χ0n) is 23.3. The van der Waals surface area contributed by atoms with Gasteiger partial charge < -0.3 is 15.0 Å². The summed E-state index contributed by atoms with van der Waals surface area (Å²) in [7, 11) is 0. The van der Waals surface area contributed by atoms with Gasteiger partial charge in [0.05, 0.1) is 33.3 Å². The van der Waals surface area contributed by atoms with E-state index < -0.39 is 17.8 Å². The van der Waals surface area contributed by atoms with Crippen LogP contribution in [0.15, 0.2) is 106 Å². The minimum atomic E-state index is -1.45. The van der Waals surface area contributed by atoms with Crippen LogP contribution in [0.4, 0.5) is 5.82 Å². The quantitative estimate of drug-likeness (QED) is 0.148. The number of carbonyl (C=O) groups is 2. The van der Waals surface area contributed by atoms with Gasteiger partial charge >= 0.3 is 0 Å². The molecule has 1 atom stereocenters. The molecule has 0 spiro atoms. The number of rotatable bonds is 10. The van der Waals surface area contributed by atoms with E-state index in [0.717, 1.165) is 10.6 Å². The maximum Gasteiger partial charge on any atom is 0.280 e. The molecule has 4 heterocycles. The van der Waals surface area contributed by atoms with Crippen molar-refractivity contribution in [1.82, 2.24) is 18.7 Å². The van der Waals surface area contributed by atoms with Gasteiger partial charge in [-0.3, -0.25) is 14.4 Å². The number of aromatic nitrogens is 4. The van der Waals surface area contributed by atoms with Gasteiger partial charge in [-0.25, -0.2) is 0 Å². The first-order chi connectivity index (χ1) is 21.8. The third-order valence-corrected chi connectivity index (χ3v) is 9.29. The van der Waals surface area contributed by atoms with Crippen molar-refractivity contribution in [2.24, 2.45) is 0 Å². The number of nitrogens with zero attached hydrogens (tertiary/aromatic N) is 4. The summed E-state index contributed by atoms with van der Waals surface area (Å²) in [6.45, 7) is 0.655. The van der Waals surface area contributed by atoms with Crippen LogP contribution in [0, 0.1) is 0 Å². The molecular formula is C32H23BrClN5O4S2. The second-order valence-corrected chi connectivity index (χ2v) is 13.3. The zero-order chi connectivity index (χ0) is 31.5. The van der Waals surface area contributed by atoms with E-state index in [-0.39, 0.29) is 23.2 Å². The van der Waals surface area contributed by atoms with Gasteiger partial charge in [-0.15, -0.1) is 11.3 Å². The van der Waals surface area contributed by atoms with Crippen LogP contribution in [0.5, 0.6) is 0 Å². The van der Waals surface area contributed by atoms with Crippen LogP contribution < -0.4 is 10.9 Å². The number of aliphatic hydroxyl groups excluding tert-OH is 1. The van der Waals surface area contributed by atoms with Crippen molar-refractivity contribution in [1.29, 1.82) is 0 Å². The SMILES string of the molecule is O=C(c1ccccc1)C(O)c1cccc(C(=O)n2nc(-c3cc(Br)c(=O)n(Cc4ccsn4)c3)cc2NCc2ccc(Cl)s2)c1. The molecule has 9 nitrogen and oxygen atoms in total. The van der Waals surface area contributed by atoms with Crippen LogP contribution >= 0.6 is 50.4 Å². The number of anilines is 1. The Morgan fingerprint density at radius 3 is 2.53 bits per heavy atom. The van der Waals surface area contributed by atoms with Gasteiger partial charge in [-0.2, -0.15) is 14.2 Å². The molecule has 0 aliphatic heterocycles. The second kappa shape index (κ2) is 13.4. The summed E-state index contributed by atoms with van der Waals surface area (Å²) in [5.41, 5.74) is 2.43. The Kier molecular flexibility index (Phi) is 9.19. The molecule has 6 rings (SSSR count). The highest BCUT2D eigenvalue weighted by atomic mass is 79.9. The van der Waals surface area contributed by atoms with Gasteiger partial charge in [0.2, 0.25) is 0 Å². The fourth-order valence-electron chi connectivity index (χ4n) is 4.65. The second-order valence-electron chi connectivity index (χ2n) is 9.95. The van der Waals surface area contributed by atoms with Crippen LogP contribution in [0.2, 0.25) is 4.34 Å². The lowest BCUT2D eigenvalue weighted by Crippen LogP contribution is -2.21. The van der Waals surface area contributed by atoms with Crippen molar-refractivity contribution in [2.45, 2.75) is 19.2 Å². The molecule has 0 bridgehead atoms. The average molecular weight is 721 g/mol. The number of ketones is 1. The van der Waals surface area contributed by atoms with Crippen molar-refractivity contribution in [3.05, 3.63) is 143 Å². The topological polar surface area (TPSA) is 119 Å². The van der Waals surface area contributed by atoms with Crippen molar-refractivity contribution in [3.8, 4) is 11.3 Å². The Labute approximate surface area is 278 Å². The van der Waals surface area contributed by atoms with Gasteiger partial charge in [0, 0.05) is 39.2 Å². The molecule has 2 N–H and O–H groups in total. The Bertz CT molecular complexity index is 2060. The number of Topliss-reactive ketones (excluding diaryl/α,β-unsaturated/α-hetero) is 1. The van der Waals surface area contributed by atoms with Crippen molar-refractivity contribution < 1.29 is 14.7 Å². The lowest BCUT2D eigenvalue weighted by molar-refractivity contribution is 0.0746. The lowest BCUT2D eigenvalue weighted by atomic mass is 9.98. The van der Waals surface area contributed by atoms with E-state index in [4.69, 9.17) is 11.6 Å². The molecule has 0 saturated carbocycles. The maximum atomic E-state index is 13.9. The number of hydrogen-bond donors (Lipinski definition) is 2. The van der Waals surface area contributed by atoms with Crippen molar-refractivity contribution in [3.63, 3.8) is 0 Å². The maximum absolute atomic E-state index is 13.9. The van der Waals surface area contributed by atoms with Gasteiger partial charge in [-0.1, -0.05) is 54.1 Å². The van der Waals surface area contributed by atoms with E-state index in [1.807, 2.05) is 17.5 Å². The van der Waals surface area contributed by atoms with E-state index >= 15 is 0 Å². The van der Waals surface area contributed by atoms with Crippen LogP contribution in [0.25, 0.3) is 11.3 Å². The summed E-state index contributed by atoms with van der Waals surface area (Å²) in [6, 6.07) is 23.7. The van der Waals surface area contributed by atoms with E-state index in [2.05, 4.69) is 30.7 Å². The number of thiophene rings is 1. The Hall–Kier alpha value is -4.20. The molecule has 0 aliphatic rings. The average Bonchev–Trinajstić information content (AvgIpc) is 3.83. The van der Waals surface area contributed by atoms with E-state index in [9.17, 15) is 19.5 Å². The zero-order valence-corrected chi connectivity index (χ0v) is 27.2. The summed E-state index contributed by atoms with van der Waals surface area (Å²) in [5, 5.41) is 20.6. The van der Waals surface area contributed by atoms with Crippen molar-refractivity contribution in [2.75, 3.05) is 5.32 Å². The monoisotopic (exact) mass is 719 g/mol. The van der Waals surface area contributed by atoms with Crippen LogP contribution in [-0.2, 0) is 13.1 Å². The van der Waals surface area contributed by atoms with Crippen LogP contribution in [0.1, 0.15) is 43.0 Å². The highest BCUT2D eigenvalue weighted by molar-refractivity contribution is 9.10. The molecule has 0 radical (unpaired) electrons. The fourth-order valence-corrected chi connectivity index (χ4v) is 6.69. The molecular weight excluding hydrogens is 698 g/mol. The highest BCUT2D eigenvalue weighted by Gasteiger charge is 2.23. The summed E-state index contributed by atoms with van der Waals surface area (Å²) in [6.07, 6.45) is 0.226. The number of hydrogen-bond acceptors (Lipinski definition) is 9. The first-order valence-electron chi connectivity index (χ1n) is 13.6. The molecule has 4 aromatic heterocycles. The fraction of sp³-hybridized carbons (Fsp3) is 0.0938. The first-order valence-corrected chi connectivity index (χ1v) is 16.4. The molecule has 1 unspecified atom stereocenters. The summed E-state index contributed by atoms with van der Waals surface area (Å²) >= 11 is 12.2. The third-order valence-electron chi connectivity index (χ3n) is 6.89. The number of aliphatic hydroxyl groups is 1. The van der Waals surface area contributed by atoms with Gasteiger partial charge in [-0.05, 0) is 69.4 Å². The Morgan fingerprint density at radius 2 is 1.80 bits per heavy atom. The third kappa shape index (κ3) is 6.90. The molecule has 13 heteroatoms. The number of benzene rings is 2. The van der Waals surface area contributed by atoms with Gasteiger partial charge in [0.15, 0.2) is 5.78 Å². The number of pyridine rings is 1. The van der Waals surface area contributed by atoms with Crippen LogP contribution in [0.3, 0.4) is 0 Å². The van der Waals surface area contributed by atoms with E-state index in [0.29, 0.717) is 38.0 Å². The largest absolute Gasteiger partial charge is 0.380 e. The minimum absolute atomic E-state index is 0.221. The normalized spacial score (nSPS) is 11.8. The smallest absolute Gasteiger partial charge is 0.280 e. The molecule has 0 aliphatic carbocycles. The summed E-state index contributed by atoms with van der Waals surface area (Å²) in [5.74, 6) is -0.555. The van der Waals surface area contributed by atoms with Gasteiger partial charge in [0.1, 0.15) is 11.9 Å². The summed E-state index contributed by atoms with van der Waals surface area (Å²) < 4.78 is 8.05. The molecule has 0 amide bonds. The van der Waals surface area contributed by atoms with E-state index in [1.165, 1.54) is 38.2 Å². The molecule has 0 fully saturated rings. The molecule has 226 valence electrons. The minimum Gasteiger partial charge on any atom is -0.380 e. The molecule has 6 aromatic rings. The highest BCUT2D eigenvalue weighted by Crippen LogP contribution is 2.28. The standard InChI is InChI=1S/C32H23BrClN5O4S2/c33-25-14-22(17-38(32(25)43)18-23-11-12-44-37-23)26-15-28(35-16-24-9-10-27(34)45-24)39(36-26)31(42)21-8-4-7-20(13-21)30(41)29(40)19-5-2-1-3-6-19/h1-15,17,30,35,41H,16,18H2. The molecule has 2 aromatic carbocycles. The lowest BCUT2D eigenvalue weighted by Gasteiger charge is -2.12. The number of nitrogens with one attached hydrogen (secondary N) is 1. The number of carbonyl (C=O) groups excluding carboxylic acids is 2. The van der Waals surface area contributed by atoms with Crippen molar-refractivity contribution >= 4 is 67.9 Å².